The van der Waals surface area contributed by atoms with Crippen LogP contribution in [0.3, 0.4) is 0 Å². The fourth-order valence-corrected chi connectivity index (χ4v) is 3.02. The van der Waals surface area contributed by atoms with Crippen molar-refractivity contribution in [2.45, 2.75) is 51.1 Å². The van der Waals surface area contributed by atoms with Gasteiger partial charge in [-0.3, -0.25) is 4.79 Å². The van der Waals surface area contributed by atoms with Gasteiger partial charge in [0.15, 0.2) is 0 Å². The lowest BCUT2D eigenvalue weighted by Crippen LogP contribution is -2.26. The van der Waals surface area contributed by atoms with Gasteiger partial charge < -0.3 is 5.32 Å². The molecule has 0 bridgehead atoms. The maximum absolute atomic E-state index is 12.6. The molecule has 2 nitrogen and oxygen atoms in total. The minimum absolute atomic E-state index is 0.00660. The predicted octanol–water partition coefficient (Wildman–Crippen LogP) is 4.33. The molecule has 1 N–H and O–H groups in total. The Labute approximate surface area is 129 Å². The Morgan fingerprint density at radius 2 is 1.95 bits per heavy atom. The number of nitrogens with one attached hydrogen (secondary N) is 1. The number of rotatable bonds is 6. The van der Waals surface area contributed by atoms with E-state index in [0.717, 1.165) is 30.9 Å². The third-order valence-corrected chi connectivity index (χ3v) is 4.21. The summed E-state index contributed by atoms with van der Waals surface area (Å²) in [6, 6.07) is 4.94. The van der Waals surface area contributed by atoms with Crippen molar-refractivity contribution in [2.75, 3.05) is 6.54 Å². The third-order valence-electron chi connectivity index (χ3n) is 4.21. The molecule has 0 spiro atoms. The first-order chi connectivity index (χ1) is 10.4. The number of halogens is 3. The highest BCUT2D eigenvalue weighted by molar-refractivity contribution is 5.78. The zero-order chi connectivity index (χ0) is 16.0. The summed E-state index contributed by atoms with van der Waals surface area (Å²) in [6.45, 7) is 0.605. The highest BCUT2D eigenvalue weighted by atomic mass is 19.4. The van der Waals surface area contributed by atoms with Gasteiger partial charge in [-0.2, -0.15) is 13.2 Å². The Morgan fingerprint density at radius 3 is 2.64 bits per heavy atom. The van der Waals surface area contributed by atoms with Gasteiger partial charge in [-0.15, -0.1) is 0 Å². The molecule has 1 saturated carbocycles. The van der Waals surface area contributed by atoms with Gasteiger partial charge in [0, 0.05) is 6.54 Å². The summed E-state index contributed by atoms with van der Waals surface area (Å²) < 4.78 is 37.8. The van der Waals surface area contributed by atoms with Gasteiger partial charge in [-0.25, -0.2) is 0 Å². The summed E-state index contributed by atoms with van der Waals surface area (Å²) in [5.41, 5.74) is -0.317. The molecule has 1 aromatic carbocycles. The van der Waals surface area contributed by atoms with Gasteiger partial charge >= 0.3 is 6.18 Å². The molecule has 0 atom stereocenters. The molecule has 22 heavy (non-hydrogen) atoms. The van der Waals surface area contributed by atoms with E-state index in [1.807, 2.05) is 0 Å². The molecule has 0 aliphatic heterocycles. The second-order valence-electron chi connectivity index (χ2n) is 6.02. The average Bonchev–Trinajstić information content (AvgIpc) is 2.96. The van der Waals surface area contributed by atoms with Crippen LogP contribution in [-0.2, 0) is 17.4 Å². The number of hydrogen-bond acceptors (Lipinski definition) is 1. The molecule has 2 rings (SSSR count). The molecule has 0 heterocycles. The molecule has 0 saturated heterocycles. The van der Waals surface area contributed by atoms with E-state index in [4.69, 9.17) is 0 Å². The van der Waals surface area contributed by atoms with Crippen molar-refractivity contribution >= 4 is 5.91 Å². The van der Waals surface area contributed by atoms with Crippen LogP contribution >= 0.6 is 0 Å². The molecular formula is C17H22F3NO. The summed E-state index contributed by atoms with van der Waals surface area (Å²) >= 11 is 0. The average molecular weight is 313 g/mol. The Bertz CT molecular complexity index is 493. The van der Waals surface area contributed by atoms with Crippen molar-refractivity contribution in [1.29, 1.82) is 0 Å². The fraction of sp³-hybridized carbons (Fsp3) is 0.588. The van der Waals surface area contributed by atoms with E-state index < -0.39 is 11.7 Å². The van der Waals surface area contributed by atoms with Crippen LogP contribution in [0.15, 0.2) is 24.3 Å². The van der Waals surface area contributed by atoms with Gasteiger partial charge in [0.25, 0.3) is 0 Å². The summed E-state index contributed by atoms with van der Waals surface area (Å²) in [7, 11) is 0. The van der Waals surface area contributed by atoms with Crippen LogP contribution in [0, 0.1) is 5.92 Å². The van der Waals surface area contributed by atoms with Crippen molar-refractivity contribution in [3.63, 3.8) is 0 Å². The number of carbonyl (C=O) groups excluding carboxylic acids is 1. The molecule has 0 radical (unpaired) electrons. The van der Waals surface area contributed by atoms with Crippen LogP contribution in [0.4, 0.5) is 13.2 Å². The molecule has 1 amide bonds. The molecule has 0 aromatic heterocycles. The van der Waals surface area contributed by atoms with Gasteiger partial charge in [0.1, 0.15) is 0 Å². The summed E-state index contributed by atoms with van der Waals surface area (Å²) in [5.74, 6) is 0.575. The van der Waals surface area contributed by atoms with Crippen molar-refractivity contribution in [2.24, 2.45) is 5.92 Å². The first-order valence-corrected chi connectivity index (χ1v) is 7.88. The molecule has 5 heteroatoms. The number of benzene rings is 1. The molecule has 1 fully saturated rings. The van der Waals surface area contributed by atoms with E-state index in [1.54, 1.807) is 6.07 Å². The van der Waals surface area contributed by atoms with Crippen molar-refractivity contribution in [3.05, 3.63) is 35.4 Å². The Kier molecular flexibility index (Phi) is 5.86. The highest BCUT2D eigenvalue weighted by Gasteiger charge is 2.30. The zero-order valence-corrected chi connectivity index (χ0v) is 12.6. The van der Waals surface area contributed by atoms with E-state index in [1.165, 1.54) is 31.7 Å². The topological polar surface area (TPSA) is 29.1 Å². The van der Waals surface area contributed by atoms with Gasteiger partial charge in [-0.05, 0) is 30.4 Å². The Hall–Kier alpha value is -1.52. The van der Waals surface area contributed by atoms with Crippen LogP contribution in [0.5, 0.6) is 0 Å². The highest BCUT2D eigenvalue weighted by Crippen LogP contribution is 2.30. The fourth-order valence-electron chi connectivity index (χ4n) is 3.02. The molecule has 0 unspecified atom stereocenters. The number of amides is 1. The first kappa shape index (κ1) is 16.8. The maximum atomic E-state index is 12.6. The lowest BCUT2D eigenvalue weighted by Gasteiger charge is -2.10. The standard InChI is InChI=1S/C17H22F3NO/c18-17(19,20)15-9-3-7-14(11-15)12-16(22)21-10-4-8-13-5-1-2-6-13/h3,7,9,11,13H,1-2,4-6,8,10,12H2,(H,21,22). The molecular weight excluding hydrogens is 291 g/mol. The maximum Gasteiger partial charge on any atom is 0.416 e. The lowest BCUT2D eigenvalue weighted by atomic mass is 10.0. The van der Waals surface area contributed by atoms with Crippen molar-refractivity contribution < 1.29 is 18.0 Å². The molecule has 1 aliphatic carbocycles. The largest absolute Gasteiger partial charge is 0.416 e. The minimum Gasteiger partial charge on any atom is -0.356 e. The zero-order valence-electron chi connectivity index (χ0n) is 12.6. The van der Waals surface area contributed by atoms with Gasteiger partial charge in [0.2, 0.25) is 5.91 Å². The van der Waals surface area contributed by atoms with E-state index in [-0.39, 0.29) is 12.3 Å². The van der Waals surface area contributed by atoms with Crippen LogP contribution in [0.2, 0.25) is 0 Å². The van der Waals surface area contributed by atoms with Crippen molar-refractivity contribution in [1.82, 2.24) is 5.32 Å². The minimum atomic E-state index is -4.37. The lowest BCUT2D eigenvalue weighted by molar-refractivity contribution is -0.137. The Balaban J connectivity index is 1.72. The van der Waals surface area contributed by atoms with E-state index in [9.17, 15) is 18.0 Å². The molecule has 122 valence electrons. The smallest absolute Gasteiger partial charge is 0.356 e. The van der Waals surface area contributed by atoms with Gasteiger partial charge in [-0.1, -0.05) is 43.9 Å². The van der Waals surface area contributed by atoms with Crippen LogP contribution in [0.1, 0.15) is 49.7 Å². The second kappa shape index (κ2) is 7.65. The van der Waals surface area contributed by atoms with Crippen LogP contribution in [0.25, 0.3) is 0 Å². The normalized spacial score (nSPS) is 16.0. The summed E-state index contributed by atoms with van der Waals surface area (Å²) in [6.07, 6.45) is 2.90. The molecule has 1 aromatic rings. The van der Waals surface area contributed by atoms with E-state index in [2.05, 4.69) is 5.32 Å². The quantitative estimate of drug-likeness (QED) is 0.778. The summed E-state index contributed by atoms with van der Waals surface area (Å²) in [4.78, 5) is 11.8. The monoisotopic (exact) mass is 313 g/mol. The SMILES string of the molecule is O=C(Cc1cccc(C(F)(F)F)c1)NCCCC1CCCC1. The number of carbonyl (C=O) groups is 1. The first-order valence-electron chi connectivity index (χ1n) is 7.88. The van der Waals surface area contributed by atoms with Crippen LogP contribution in [-0.4, -0.2) is 12.5 Å². The van der Waals surface area contributed by atoms with Crippen LogP contribution < -0.4 is 5.32 Å². The second-order valence-corrected chi connectivity index (χ2v) is 6.02. The third kappa shape index (κ3) is 5.35. The predicted molar refractivity (Wildman–Crippen MR) is 79.3 cm³/mol. The van der Waals surface area contributed by atoms with E-state index >= 15 is 0 Å². The number of alkyl halides is 3. The molecule has 1 aliphatic rings. The van der Waals surface area contributed by atoms with Crippen molar-refractivity contribution in [3.8, 4) is 0 Å². The number of hydrogen-bond donors (Lipinski definition) is 1. The van der Waals surface area contributed by atoms with Gasteiger partial charge in [0.05, 0.1) is 12.0 Å². The Morgan fingerprint density at radius 1 is 1.23 bits per heavy atom. The van der Waals surface area contributed by atoms with E-state index in [0.29, 0.717) is 12.1 Å². The summed E-state index contributed by atoms with van der Waals surface area (Å²) in [5, 5.41) is 2.79.